The van der Waals surface area contributed by atoms with Gasteiger partial charge in [-0.15, -0.1) is 0 Å². The lowest BCUT2D eigenvalue weighted by Crippen LogP contribution is -2.53. The van der Waals surface area contributed by atoms with E-state index in [0.717, 1.165) is 39.1 Å². The topological polar surface area (TPSA) is 65.6 Å². The Morgan fingerprint density at radius 1 is 1.16 bits per heavy atom. The van der Waals surface area contributed by atoms with Crippen LogP contribution in [0.1, 0.15) is 45.0 Å². The molecule has 0 bridgehead atoms. The molecule has 0 aliphatic carbocycles. The molecular weight excluding hydrogens is 388 g/mol. The number of aromatic nitrogens is 1. The maximum Gasteiger partial charge on any atom is 0.335 e. The summed E-state index contributed by atoms with van der Waals surface area (Å²) in [6.07, 6.45) is 4.23. The summed E-state index contributed by atoms with van der Waals surface area (Å²) in [6.45, 7) is 8.16. The number of rotatable bonds is 5. The Hall–Kier alpha value is -2.63. The standard InChI is InChI=1S/C26H30N2O3/c1-16-11-17(2)25-22(7-9-27-25)23(16)12-20-8-10-28(21-14-31-15-21)13-24(20)18-3-5-19(6-4-18)26(29)30/h3-7,9,11,20-21,24,27H,8,10,12-15H2,1-2H3,(H,29,30). The summed E-state index contributed by atoms with van der Waals surface area (Å²) in [7, 11) is 0. The fraction of sp³-hybridized carbons (Fsp3) is 0.423. The molecule has 2 aromatic carbocycles. The molecule has 0 amide bonds. The maximum atomic E-state index is 11.3. The Balaban J connectivity index is 1.47. The van der Waals surface area contributed by atoms with Gasteiger partial charge in [0.15, 0.2) is 0 Å². The molecule has 1 aromatic heterocycles. The first-order chi connectivity index (χ1) is 15.0. The van der Waals surface area contributed by atoms with E-state index in [9.17, 15) is 9.90 Å². The zero-order valence-corrected chi connectivity index (χ0v) is 18.2. The van der Waals surface area contributed by atoms with Crippen molar-refractivity contribution in [3.05, 3.63) is 70.4 Å². The van der Waals surface area contributed by atoms with E-state index in [-0.39, 0.29) is 0 Å². The molecule has 2 aliphatic heterocycles. The van der Waals surface area contributed by atoms with Crippen LogP contribution in [0.25, 0.3) is 10.9 Å². The number of H-pyrrole nitrogens is 1. The van der Waals surface area contributed by atoms with Gasteiger partial charge in [0, 0.05) is 23.6 Å². The number of hydrogen-bond donors (Lipinski definition) is 2. The van der Waals surface area contributed by atoms with Crippen LogP contribution in [0.2, 0.25) is 0 Å². The minimum absolute atomic E-state index is 0.351. The molecule has 5 heteroatoms. The molecule has 0 spiro atoms. The number of piperidine rings is 1. The predicted octanol–water partition coefficient (Wildman–Crippen LogP) is 4.53. The molecule has 0 radical (unpaired) electrons. The Kier molecular flexibility index (Phi) is 5.32. The van der Waals surface area contributed by atoms with Crippen LogP contribution in [0.15, 0.2) is 42.6 Å². The molecule has 2 atom stereocenters. The van der Waals surface area contributed by atoms with Gasteiger partial charge in [0.05, 0.1) is 24.8 Å². The van der Waals surface area contributed by atoms with Gasteiger partial charge in [-0.25, -0.2) is 4.79 Å². The third-order valence-corrected chi connectivity index (χ3v) is 7.35. The summed E-state index contributed by atoms with van der Waals surface area (Å²) in [5.74, 6) is 0.0319. The Morgan fingerprint density at radius 2 is 1.94 bits per heavy atom. The van der Waals surface area contributed by atoms with E-state index in [4.69, 9.17) is 4.74 Å². The molecule has 0 saturated carbocycles. The molecule has 3 heterocycles. The fourth-order valence-electron chi connectivity index (χ4n) is 5.46. The number of fused-ring (bicyclic) bond motifs is 1. The highest BCUT2D eigenvalue weighted by Crippen LogP contribution is 2.38. The van der Waals surface area contributed by atoms with Gasteiger partial charge in [-0.05, 0) is 85.5 Å². The smallest absolute Gasteiger partial charge is 0.335 e. The highest BCUT2D eigenvalue weighted by Gasteiger charge is 2.36. The van der Waals surface area contributed by atoms with Crippen molar-refractivity contribution in [1.82, 2.24) is 9.88 Å². The van der Waals surface area contributed by atoms with Crippen LogP contribution in [-0.2, 0) is 11.2 Å². The van der Waals surface area contributed by atoms with E-state index in [1.54, 1.807) is 12.1 Å². The van der Waals surface area contributed by atoms with Crippen LogP contribution in [0, 0.1) is 19.8 Å². The molecule has 2 saturated heterocycles. The molecule has 3 aromatic rings. The quantitative estimate of drug-likeness (QED) is 0.639. The van der Waals surface area contributed by atoms with Gasteiger partial charge in [-0.3, -0.25) is 4.90 Å². The minimum Gasteiger partial charge on any atom is -0.478 e. The second kappa shape index (κ2) is 8.13. The highest BCUT2D eigenvalue weighted by atomic mass is 16.5. The van der Waals surface area contributed by atoms with Gasteiger partial charge >= 0.3 is 5.97 Å². The minimum atomic E-state index is -0.870. The first kappa shape index (κ1) is 20.3. The number of carboxylic acids is 1. The molecular formula is C26H30N2O3. The van der Waals surface area contributed by atoms with Crippen molar-refractivity contribution in [2.45, 2.75) is 38.6 Å². The number of aromatic carboxylic acids is 1. The van der Waals surface area contributed by atoms with E-state index in [1.165, 1.54) is 33.2 Å². The summed E-state index contributed by atoms with van der Waals surface area (Å²) in [5.41, 5.74) is 6.94. The van der Waals surface area contributed by atoms with Crippen LogP contribution < -0.4 is 0 Å². The first-order valence-electron chi connectivity index (χ1n) is 11.2. The normalized spacial score (nSPS) is 22.5. The lowest BCUT2D eigenvalue weighted by Gasteiger charge is -2.45. The number of carbonyl (C=O) groups is 1. The van der Waals surface area contributed by atoms with Gasteiger partial charge < -0.3 is 14.8 Å². The van der Waals surface area contributed by atoms with Crippen molar-refractivity contribution >= 4 is 16.9 Å². The summed E-state index contributed by atoms with van der Waals surface area (Å²) >= 11 is 0. The zero-order chi connectivity index (χ0) is 21.5. The molecule has 2 N–H and O–H groups in total. The molecule has 31 heavy (non-hydrogen) atoms. The third kappa shape index (κ3) is 3.77. The molecule has 2 unspecified atom stereocenters. The van der Waals surface area contributed by atoms with Gasteiger partial charge in [0.1, 0.15) is 0 Å². The second-order valence-corrected chi connectivity index (χ2v) is 9.23. The molecule has 2 fully saturated rings. The van der Waals surface area contributed by atoms with Gasteiger partial charge in [0.2, 0.25) is 0 Å². The monoisotopic (exact) mass is 418 g/mol. The van der Waals surface area contributed by atoms with Crippen LogP contribution in [-0.4, -0.2) is 53.3 Å². The molecule has 2 aliphatic rings. The number of nitrogens with zero attached hydrogens (tertiary/aromatic N) is 1. The Morgan fingerprint density at radius 3 is 2.61 bits per heavy atom. The second-order valence-electron chi connectivity index (χ2n) is 9.23. The van der Waals surface area contributed by atoms with Crippen LogP contribution in [0.5, 0.6) is 0 Å². The third-order valence-electron chi connectivity index (χ3n) is 7.35. The van der Waals surface area contributed by atoms with E-state index < -0.39 is 5.97 Å². The van der Waals surface area contributed by atoms with Crippen molar-refractivity contribution < 1.29 is 14.6 Å². The Labute approximate surface area is 183 Å². The van der Waals surface area contributed by atoms with Crippen LogP contribution >= 0.6 is 0 Å². The summed E-state index contributed by atoms with van der Waals surface area (Å²) in [4.78, 5) is 17.3. The van der Waals surface area contributed by atoms with Gasteiger partial charge in [-0.2, -0.15) is 0 Å². The zero-order valence-electron chi connectivity index (χ0n) is 18.2. The summed E-state index contributed by atoms with van der Waals surface area (Å²) in [6, 6.07) is 12.6. The van der Waals surface area contributed by atoms with E-state index in [0.29, 0.717) is 23.4 Å². The average Bonchev–Trinajstić information content (AvgIpc) is 3.21. The first-order valence-corrected chi connectivity index (χ1v) is 11.2. The Bertz CT molecular complexity index is 1100. The number of ether oxygens (including phenoxy) is 1. The number of benzene rings is 2. The van der Waals surface area contributed by atoms with Crippen molar-refractivity contribution in [2.24, 2.45) is 5.92 Å². The maximum absolute atomic E-state index is 11.3. The van der Waals surface area contributed by atoms with Crippen molar-refractivity contribution in [3.63, 3.8) is 0 Å². The fourth-order valence-corrected chi connectivity index (χ4v) is 5.46. The van der Waals surface area contributed by atoms with Crippen LogP contribution in [0.3, 0.4) is 0 Å². The SMILES string of the molecule is Cc1cc(C)c2[nH]ccc2c1CC1CCN(C2COC2)CC1c1ccc(C(=O)O)cc1. The lowest BCUT2D eigenvalue weighted by atomic mass is 9.76. The lowest BCUT2D eigenvalue weighted by molar-refractivity contribution is -0.0769. The largest absolute Gasteiger partial charge is 0.478 e. The number of carboxylic acid groups (broad SMARTS) is 1. The highest BCUT2D eigenvalue weighted by molar-refractivity contribution is 5.88. The number of likely N-dealkylation sites (tertiary alicyclic amines) is 1. The molecule has 5 nitrogen and oxygen atoms in total. The number of nitrogens with one attached hydrogen (secondary N) is 1. The molecule has 162 valence electrons. The van der Waals surface area contributed by atoms with E-state index >= 15 is 0 Å². The predicted molar refractivity (Wildman–Crippen MR) is 122 cm³/mol. The van der Waals surface area contributed by atoms with Crippen molar-refractivity contribution in [2.75, 3.05) is 26.3 Å². The summed E-state index contributed by atoms with van der Waals surface area (Å²) < 4.78 is 5.45. The van der Waals surface area contributed by atoms with Gasteiger partial charge in [0.25, 0.3) is 0 Å². The van der Waals surface area contributed by atoms with Crippen LogP contribution in [0.4, 0.5) is 0 Å². The van der Waals surface area contributed by atoms with E-state index in [2.05, 4.69) is 35.9 Å². The number of aromatic amines is 1. The number of aryl methyl sites for hydroxylation is 2. The van der Waals surface area contributed by atoms with Gasteiger partial charge in [-0.1, -0.05) is 18.2 Å². The molecule has 5 rings (SSSR count). The van der Waals surface area contributed by atoms with Crippen molar-refractivity contribution in [3.8, 4) is 0 Å². The summed E-state index contributed by atoms with van der Waals surface area (Å²) in [5, 5.41) is 10.6. The van der Waals surface area contributed by atoms with E-state index in [1.807, 2.05) is 18.3 Å². The average molecular weight is 419 g/mol. The van der Waals surface area contributed by atoms with Crippen molar-refractivity contribution in [1.29, 1.82) is 0 Å². The number of hydrogen-bond acceptors (Lipinski definition) is 3.